The van der Waals surface area contributed by atoms with Crippen molar-refractivity contribution in [3.05, 3.63) is 88.1 Å². The van der Waals surface area contributed by atoms with E-state index in [-0.39, 0.29) is 40.1 Å². The molecule has 2 amide bonds. The van der Waals surface area contributed by atoms with Crippen LogP contribution in [0.25, 0.3) is 10.9 Å². The number of rotatable bonds is 5. The smallest absolute Gasteiger partial charge is 0.366 e. The summed E-state index contributed by atoms with van der Waals surface area (Å²) in [7, 11) is 0. The Morgan fingerprint density at radius 1 is 1.17 bits per heavy atom. The fraction of sp³-hybridized carbons (Fsp3) is 0.125. The number of nitrogens with two attached hydrogens (primary N) is 1. The summed E-state index contributed by atoms with van der Waals surface area (Å²) in [4.78, 5) is 29.0. The van der Waals surface area contributed by atoms with Gasteiger partial charge in [0.25, 0.3) is 5.91 Å². The van der Waals surface area contributed by atoms with E-state index in [1.54, 1.807) is 24.3 Å². The normalized spacial score (nSPS) is 11.3. The number of nitriles is 1. The summed E-state index contributed by atoms with van der Waals surface area (Å²) >= 11 is 0. The number of carbonyl (C=O) groups excluding carboxylic acids is 2. The zero-order valence-electron chi connectivity index (χ0n) is 18.5. The van der Waals surface area contributed by atoms with Crippen molar-refractivity contribution in [1.82, 2.24) is 14.8 Å². The van der Waals surface area contributed by atoms with Crippen molar-refractivity contribution in [3.63, 3.8) is 0 Å². The lowest BCUT2D eigenvalue weighted by molar-refractivity contribution is -0.140. The van der Waals surface area contributed by atoms with Gasteiger partial charge in [-0.05, 0) is 31.2 Å². The third-order valence-electron chi connectivity index (χ3n) is 5.43. The molecule has 4 rings (SSSR count). The van der Waals surface area contributed by atoms with Crippen LogP contribution in [0, 0.1) is 24.1 Å². The lowest BCUT2D eigenvalue weighted by atomic mass is 10.1. The molecule has 0 fully saturated rings. The van der Waals surface area contributed by atoms with E-state index in [9.17, 15) is 27.2 Å². The van der Waals surface area contributed by atoms with Crippen LogP contribution in [0.15, 0.2) is 48.5 Å². The molecular weight excluding hydrogens is 480 g/mol. The van der Waals surface area contributed by atoms with Gasteiger partial charge >= 0.3 is 6.18 Å². The Bertz CT molecular complexity index is 1570. The highest BCUT2D eigenvalue weighted by Crippen LogP contribution is 2.36. The first-order valence-electron chi connectivity index (χ1n) is 10.3. The maximum atomic E-state index is 14.3. The second kappa shape index (κ2) is 9.10. The number of primary amides is 1. The average molecular weight is 496 g/mol. The van der Waals surface area contributed by atoms with Gasteiger partial charge in [0.15, 0.2) is 5.69 Å². The van der Waals surface area contributed by atoms with Gasteiger partial charge in [-0.3, -0.25) is 14.3 Å². The van der Waals surface area contributed by atoms with Gasteiger partial charge in [0.05, 0.1) is 40.6 Å². The molecule has 2 aromatic heterocycles. The first-order chi connectivity index (χ1) is 17.0. The van der Waals surface area contributed by atoms with Crippen molar-refractivity contribution < 1.29 is 27.2 Å². The minimum atomic E-state index is -4.95. The number of fused-ring (bicyclic) bond motifs is 1. The van der Waals surface area contributed by atoms with Crippen LogP contribution in [0.5, 0.6) is 0 Å². The predicted molar refractivity (Wildman–Crippen MR) is 120 cm³/mol. The van der Waals surface area contributed by atoms with Crippen molar-refractivity contribution in [2.24, 2.45) is 5.73 Å². The monoisotopic (exact) mass is 496 g/mol. The molecule has 0 aliphatic rings. The Balaban J connectivity index is 1.74. The summed E-state index contributed by atoms with van der Waals surface area (Å²) in [6.45, 7) is 0.893. The fourth-order valence-corrected chi connectivity index (χ4v) is 3.63. The Hall–Kier alpha value is -4.79. The van der Waals surface area contributed by atoms with E-state index < -0.39 is 35.2 Å². The van der Waals surface area contributed by atoms with Crippen molar-refractivity contribution in [3.8, 4) is 6.07 Å². The van der Waals surface area contributed by atoms with Crippen LogP contribution in [0.2, 0.25) is 0 Å². The molecule has 36 heavy (non-hydrogen) atoms. The number of aromatic nitrogens is 3. The zero-order valence-corrected chi connectivity index (χ0v) is 18.5. The Morgan fingerprint density at radius 3 is 2.53 bits per heavy atom. The molecule has 0 spiro atoms. The van der Waals surface area contributed by atoms with Gasteiger partial charge in [-0.25, -0.2) is 9.37 Å². The van der Waals surface area contributed by atoms with Crippen LogP contribution in [0.1, 0.15) is 43.4 Å². The van der Waals surface area contributed by atoms with Crippen molar-refractivity contribution >= 4 is 28.4 Å². The molecule has 4 aromatic rings. The first kappa shape index (κ1) is 24.3. The summed E-state index contributed by atoms with van der Waals surface area (Å²) in [6.07, 6.45) is -4.95. The Morgan fingerprint density at radius 2 is 1.89 bits per heavy atom. The molecule has 0 unspecified atom stereocenters. The highest BCUT2D eigenvalue weighted by atomic mass is 19.4. The number of anilines is 1. The molecule has 0 bridgehead atoms. The van der Waals surface area contributed by atoms with E-state index in [2.05, 4.69) is 15.4 Å². The topological polar surface area (TPSA) is 127 Å². The molecule has 8 nitrogen and oxygen atoms in total. The second-order valence-electron chi connectivity index (χ2n) is 7.77. The maximum absolute atomic E-state index is 14.3. The molecule has 0 aliphatic carbocycles. The Kier molecular flexibility index (Phi) is 6.15. The van der Waals surface area contributed by atoms with Crippen molar-refractivity contribution in [2.45, 2.75) is 19.6 Å². The summed E-state index contributed by atoms with van der Waals surface area (Å²) in [5.41, 5.74) is 3.21. The van der Waals surface area contributed by atoms with Gasteiger partial charge in [-0.15, -0.1) is 0 Å². The minimum absolute atomic E-state index is 0.00602. The molecule has 0 atom stereocenters. The maximum Gasteiger partial charge on any atom is 0.437 e. The summed E-state index contributed by atoms with van der Waals surface area (Å²) in [6, 6.07) is 12.8. The molecule has 2 heterocycles. The molecule has 182 valence electrons. The van der Waals surface area contributed by atoms with Gasteiger partial charge in [0.1, 0.15) is 11.5 Å². The van der Waals surface area contributed by atoms with Gasteiger partial charge in [-0.2, -0.15) is 23.5 Å². The number of halogens is 4. The van der Waals surface area contributed by atoms with Gasteiger partial charge in [0.2, 0.25) is 5.91 Å². The van der Waals surface area contributed by atoms with Gasteiger partial charge in [0, 0.05) is 10.9 Å². The van der Waals surface area contributed by atoms with Gasteiger partial charge in [-0.1, -0.05) is 24.3 Å². The largest absolute Gasteiger partial charge is 0.437 e. The zero-order chi connectivity index (χ0) is 26.2. The fourth-order valence-electron chi connectivity index (χ4n) is 3.63. The van der Waals surface area contributed by atoms with Crippen LogP contribution in [0.4, 0.5) is 23.2 Å². The number of nitrogens with one attached hydrogen (secondary N) is 1. The lowest BCUT2D eigenvalue weighted by Crippen LogP contribution is -2.19. The molecular formula is C24H16F4N6O2. The highest BCUT2D eigenvalue weighted by molar-refractivity contribution is 6.10. The molecule has 0 saturated heterocycles. The van der Waals surface area contributed by atoms with Crippen LogP contribution < -0.4 is 11.1 Å². The quantitative estimate of drug-likeness (QED) is 0.401. The highest BCUT2D eigenvalue weighted by Gasteiger charge is 2.39. The summed E-state index contributed by atoms with van der Waals surface area (Å²) < 4.78 is 56.5. The third-order valence-corrected chi connectivity index (χ3v) is 5.43. The Labute approximate surface area is 201 Å². The number of amides is 2. The predicted octanol–water partition coefficient (Wildman–Crippen LogP) is 4.17. The standard InChI is InChI=1S/C24H16F4N6O2/c1-12-20(32-23(36)19-9-16(22(30)35)15-4-2-3-5-18(15)31-19)21(24(26,27)28)33-34(12)11-14-7-6-13(10-29)8-17(14)25/h2-9H,11H2,1H3,(H2,30,35)(H,32,36). The van der Waals surface area contributed by atoms with E-state index in [0.29, 0.717) is 5.39 Å². The molecule has 0 aliphatic heterocycles. The SMILES string of the molecule is Cc1c(NC(=O)c2cc(C(N)=O)c3ccccc3n2)c(C(F)(F)F)nn1Cc1ccc(C#N)cc1F. The number of nitrogens with zero attached hydrogens (tertiary/aromatic N) is 4. The number of para-hydroxylation sites is 1. The molecule has 0 radical (unpaired) electrons. The average Bonchev–Trinajstić information content (AvgIpc) is 3.14. The van der Waals surface area contributed by atoms with Gasteiger partial charge < -0.3 is 11.1 Å². The first-order valence-corrected chi connectivity index (χ1v) is 10.3. The number of hydrogen-bond acceptors (Lipinski definition) is 5. The minimum Gasteiger partial charge on any atom is -0.366 e. The number of alkyl halides is 3. The van der Waals surface area contributed by atoms with Crippen LogP contribution >= 0.6 is 0 Å². The van der Waals surface area contributed by atoms with Crippen molar-refractivity contribution in [1.29, 1.82) is 5.26 Å². The van der Waals surface area contributed by atoms with Crippen LogP contribution in [0.3, 0.4) is 0 Å². The number of pyridine rings is 1. The van der Waals surface area contributed by atoms with E-state index in [0.717, 1.165) is 16.8 Å². The molecule has 0 saturated carbocycles. The number of benzene rings is 2. The third kappa shape index (κ3) is 4.58. The summed E-state index contributed by atoms with van der Waals surface area (Å²) in [5, 5.41) is 15.0. The summed E-state index contributed by atoms with van der Waals surface area (Å²) in [5.74, 6) is -2.66. The number of hydrogen-bond donors (Lipinski definition) is 2. The number of carbonyl (C=O) groups is 2. The lowest BCUT2D eigenvalue weighted by Gasteiger charge is -2.11. The van der Waals surface area contributed by atoms with E-state index in [1.807, 2.05) is 0 Å². The van der Waals surface area contributed by atoms with Crippen LogP contribution in [-0.2, 0) is 12.7 Å². The second-order valence-corrected chi connectivity index (χ2v) is 7.77. The molecule has 12 heteroatoms. The van der Waals surface area contributed by atoms with E-state index >= 15 is 0 Å². The molecule has 3 N–H and O–H groups in total. The van der Waals surface area contributed by atoms with E-state index in [1.165, 1.54) is 25.1 Å². The van der Waals surface area contributed by atoms with Crippen LogP contribution in [-0.4, -0.2) is 26.6 Å². The van der Waals surface area contributed by atoms with E-state index in [4.69, 9.17) is 11.0 Å². The van der Waals surface area contributed by atoms with Crippen molar-refractivity contribution in [2.75, 3.05) is 5.32 Å². The molecule has 2 aromatic carbocycles.